The molecule has 0 unspecified atom stereocenters. The van der Waals surface area contributed by atoms with Crippen molar-refractivity contribution in [3.8, 4) is 0 Å². The first-order valence-corrected chi connectivity index (χ1v) is 2.22. The van der Waals surface area contributed by atoms with Gasteiger partial charge in [-0.3, -0.25) is 0 Å². The van der Waals surface area contributed by atoms with E-state index in [-0.39, 0.29) is 0 Å². The molecule has 0 spiro atoms. The van der Waals surface area contributed by atoms with E-state index in [2.05, 4.69) is 0 Å². The van der Waals surface area contributed by atoms with Gasteiger partial charge >= 0.3 is 5.97 Å². The lowest BCUT2D eigenvalue weighted by Gasteiger charge is -1.93. The fourth-order valence-corrected chi connectivity index (χ4v) is 0.265. The van der Waals surface area contributed by atoms with E-state index in [0.29, 0.717) is 0 Å². The van der Waals surface area contributed by atoms with Crippen LogP contribution in [0.1, 0.15) is 6.92 Å². The van der Waals surface area contributed by atoms with E-state index in [0.717, 1.165) is 0 Å². The van der Waals surface area contributed by atoms with Gasteiger partial charge in [0.2, 0.25) is 0 Å². The Morgan fingerprint density at radius 3 is 2.38 bits per heavy atom. The molecule has 3 heteroatoms. The molecule has 0 amide bonds. The molecule has 0 aliphatic rings. The number of carbonyl (C=O) groups is 1. The van der Waals surface area contributed by atoms with Crippen LogP contribution in [0.3, 0.4) is 0 Å². The summed E-state index contributed by atoms with van der Waals surface area (Å²) in [6.45, 7) is 1.64. The van der Waals surface area contributed by atoms with Crippen LogP contribution in [-0.2, 0) is 4.79 Å². The first-order chi connectivity index (χ1) is 3.68. The lowest BCUT2D eigenvalue weighted by atomic mass is 10.3. The van der Waals surface area contributed by atoms with Crippen LogP contribution in [0.25, 0.3) is 0 Å². The summed E-state index contributed by atoms with van der Waals surface area (Å²) in [6.07, 6.45) is 1.33. The Balaban J connectivity index is 3.64. The second kappa shape index (κ2) is 3.21. The maximum Gasteiger partial charge on any atom is 0.336 e. The summed E-state index contributed by atoms with van der Waals surface area (Å²) in [5, 5.41) is 16.5. The molecule has 46 valence electrons. The molecule has 1 atom stereocenters. The van der Waals surface area contributed by atoms with Crippen LogP contribution in [0.15, 0.2) is 12.2 Å². The van der Waals surface area contributed by atoms with Crippen molar-refractivity contribution in [2.24, 2.45) is 0 Å². The molecule has 0 aromatic rings. The smallest absolute Gasteiger partial charge is 0.336 e. The summed E-state index contributed by atoms with van der Waals surface area (Å²) in [7, 11) is 0. The topological polar surface area (TPSA) is 57.5 Å². The Morgan fingerprint density at radius 2 is 2.25 bits per heavy atom. The van der Waals surface area contributed by atoms with Crippen LogP contribution in [-0.4, -0.2) is 22.3 Å². The Bertz CT molecular complexity index is 106. The lowest BCUT2D eigenvalue weighted by molar-refractivity contribution is -0.144. The van der Waals surface area contributed by atoms with Crippen molar-refractivity contribution in [1.29, 1.82) is 0 Å². The van der Waals surface area contributed by atoms with E-state index in [9.17, 15) is 4.79 Å². The van der Waals surface area contributed by atoms with Crippen LogP contribution in [0.5, 0.6) is 0 Å². The van der Waals surface area contributed by atoms with Gasteiger partial charge in [-0.2, -0.15) is 0 Å². The molecule has 0 saturated carbocycles. The number of rotatable bonds is 2. The first kappa shape index (κ1) is 7.17. The summed E-state index contributed by atoms with van der Waals surface area (Å²) in [5.41, 5.74) is 0. The monoisotopic (exact) mass is 116 g/mol. The molecule has 0 aromatic carbocycles. The van der Waals surface area contributed by atoms with Crippen LogP contribution in [0.2, 0.25) is 0 Å². The van der Waals surface area contributed by atoms with Crippen molar-refractivity contribution in [1.82, 2.24) is 0 Å². The second-order valence-electron chi connectivity index (χ2n) is 1.31. The van der Waals surface area contributed by atoms with Gasteiger partial charge in [-0.15, -0.1) is 0 Å². The van der Waals surface area contributed by atoms with Crippen LogP contribution < -0.4 is 0 Å². The first-order valence-electron chi connectivity index (χ1n) is 2.22. The molecule has 8 heavy (non-hydrogen) atoms. The van der Waals surface area contributed by atoms with Gasteiger partial charge in [0.15, 0.2) is 6.10 Å². The third-order valence-electron chi connectivity index (χ3n) is 0.628. The van der Waals surface area contributed by atoms with Gasteiger partial charge in [-0.25, -0.2) is 4.79 Å². The molecule has 0 radical (unpaired) electrons. The van der Waals surface area contributed by atoms with E-state index < -0.39 is 12.1 Å². The average molecular weight is 116 g/mol. The van der Waals surface area contributed by atoms with E-state index >= 15 is 0 Å². The molecular formula is C5H8O3. The Morgan fingerprint density at radius 1 is 1.75 bits per heavy atom. The van der Waals surface area contributed by atoms with Gasteiger partial charge in [0, 0.05) is 0 Å². The molecule has 0 aromatic heterocycles. The number of allylic oxidation sites excluding steroid dienone is 1. The average Bonchev–Trinajstić information content (AvgIpc) is 1.67. The number of hydrogen-bond acceptors (Lipinski definition) is 2. The number of carboxylic acid groups (broad SMARTS) is 1. The molecule has 0 aliphatic carbocycles. The summed E-state index contributed by atoms with van der Waals surface area (Å²) in [6, 6.07) is 0. The molecular weight excluding hydrogens is 108 g/mol. The van der Waals surface area contributed by atoms with Gasteiger partial charge in [0.05, 0.1) is 0 Å². The minimum atomic E-state index is -1.35. The zero-order valence-corrected chi connectivity index (χ0v) is 4.53. The van der Waals surface area contributed by atoms with Gasteiger partial charge < -0.3 is 10.2 Å². The predicted octanol–water partition coefficient (Wildman–Crippen LogP) is 0.00800. The SMILES string of the molecule is C/C=C\[C@H](O)C(=O)O. The van der Waals surface area contributed by atoms with Crippen molar-refractivity contribution in [3.63, 3.8) is 0 Å². The Labute approximate surface area is 47.3 Å². The standard InChI is InChI=1S/C5H8O3/c1-2-3-4(6)5(7)8/h2-4,6H,1H3,(H,7,8)/b3-2-/t4-/m0/s1. The molecule has 0 heterocycles. The minimum Gasteiger partial charge on any atom is -0.479 e. The molecule has 0 saturated heterocycles. The molecule has 0 bridgehead atoms. The van der Waals surface area contributed by atoms with E-state index in [1.165, 1.54) is 12.2 Å². The number of hydrogen-bond donors (Lipinski definition) is 2. The zero-order chi connectivity index (χ0) is 6.57. The van der Waals surface area contributed by atoms with Crippen molar-refractivity contribution in [2.75, 3.05) is 0 Å². The zero-order valence-electron chi connectivity index (χ0n) is 4.53. The molecule has 3 nitrogen and oxygen atoms in total. The molecule has 0 fully saturated rings. The Hall–Kier alpha value is -0.830. The minimum absolute atomic E-state index is 1.20. The van der Waals surface area contributed by atoms with Crippen LogP contribution in [0, 0.1) is 0 Å². The normalized spacial score (nSPS) is 14.2. The third-order valence-corrected chi connectivity index (χ3v) is 0.628. The highest BCUT2D eigenvalue weighted by Gasteiger charge is 2.05. The van der Waals surface area contributed by atoms with Crippen molar-refractivity contribution in [3.05, 3.63) is 12.2 Å². The highest BCUT2D eigenvalue weighted by molar-refractivity contribution is 5.74. The fraction of sp³-hybridized carbons (Fsp3) is 0.400. The molecule has 2 N–H and O–H groups in total. The quantitative estimate of drug-likeness (QED) is 0.499. The van der Waals surface area contributed by atoms with Gasteiger partial charge in [0.25, 0.3) is 0 Å². The van der Waals surface area contributed by atoms with E-state index in [1.54, 1.807) is 6.92 Å². The van der Waals surface area contributed by atoms with Crippen molar-refractivity contribution in [2.45, 2.75) is 13.0 Å². The number of aliphatic hydroxyl groups excluding tert-OH is 1. The summed E-state index contributed by atoms with van der Waals surface area (Å²) in [5.74, 6) is -1.22. The van der Waals surface area contributed by atoms with Crippen LogP contribution >= 0.6 is 0 Å². The largest absolute Gasteiger partial charge is 0.479 e. The molecule has 0 aliphatic heterocycles. The maximum absolute atomic E-state index is 9.79. The maximum atomic E-state index is 9.79. The van der Waals surface area contributed by atoms with Gasteiger partial charge in [-0.1, -0.05) is 6.08 Å². The Kier molecular flexibility index (Phi) is 2.88. The summed E-state index contributed by atoms with van der Waals surface area (Å²) in [4.78, 5) is 9.79. The highest BCUT2D eigenvalue weighted by atomic mass is 16.4. The third kappa shape index (κ3) is 2.36. The fourth-order valence-electron chi connectivity index (χ4n) is 0.265. The van der Waals surface area contributed by atoms with Crippen LogP contribution in [0.4, 0.5) is 0 Å². The van der Waals surface area contributed by atoms with E-state index in [1.807, 2.05) is 0 Å². The lowest BCUT2D eigenvalue weighted by Crippen LogP contribution is -2.15. The van der Waals surface area contributed by atoms with Crippen molar-refractivity contribution < 1.29 is 15.0 Å². The van der Waals surface area contributed by atoms with Crippen molar-refractivity contribution >= 4 is 5.97 Å². The number of carboxylic acids is 1. The highest BCUT2D eigenvalue weighted by Crippen LogP contribution is 1.83. The predicted molar refractivity (Wildman–Crippen MR) is 28.5 cm³/mol. The number of aliphatic carboxylic acids is 1. The second-order valence-corrected chi connectivity index (χ2v) is 1.31. The van der Waals surface area contributed by atoms with Gasteiger partial charge in [-0.05, 0) is 13.0 Å². The summed E-state index contributed by atoms with van der Waals surface area (Å²) >= 11 is 0. The molecule has 0 rings (SSSR count). The van der Waals surface area contributed by atoms with Gasteiger partial charge in [0.1, 0.15) is 0 Å². The number of aliphatic hydroxyl groups is 1. The summed E-state index contributed by atoms with van der Waals surface area (Å²) < 4.78 is 0. The van der Waals surface area contributed by atoms with E-state index in [4.69, 9.17) is 10.2 Å².